The number of methoxy groups -OCH3 is 1. The Morgan fingerprint density at radius 3 is 2.88 bits per heavy atom. The summed E-state index contributed by atoms with van der Waals surface area (Å²) < 4.78 is 11.0. The van der Waals surface area contributed by atoms with E-state index < -0.39 is 0 Å². The number of benzene rings is 1. The Balaban J connectivity index is 2.28. The van der Waals surface area contributed by atoms with Crippen molar-refractivity contribution in [3.05, 3.63) is 28.8 Å². The van der Waals surface area contributed by atoms with Gasteiger partial charge in [0.05, 0.1) is 19.3 Å². The molecule has 0 spiro atoms. The van der Waals surface area contributed by atoms with E-state index in [0.717, 1.165) is 24.3 Å². The molecule has 2 N–H and O–H groups in total. The summed E-state index contributed by atoms with van der Waals surface area (Å²) in [4.78, 5) is 0. The topological polar surface area (TPSA) is 44.5 Å². The predicted octanol–water partition coefficient (Wildman–Crippen LogP) is 2.77. The Morgan fingerprint density at radius 2 is 2.29 bits per heavy atom. The van der Waals surface area contributed by atoms with Crippen LogP contribution >= 0.6 is 11.6 Å². The van der Waals surface area contributed by atoms with E-state index in [2.05, 4.69) is 6.92 Å². The van der Waals surface area contributed by atoms with Crippen molar-refractivity contribution in [2.24, 2.45) is 11.7 Å². The van der Waals surface area contributed by atoms with Crippen LogP contribution in [0.15, 0.2) is 18.2 Å². The molecule has 2 rings (SSSR count). The van der Waals surface area contributed by atoms with Gasteiger partial charge in [-0.3, -0.25) is 0 Å². The van der Waals surface area contributed by atoms with Crippen molar-refractivity contribution in [1.82, 2.24) is 0 Å². The predicted molar refractivity (Wildman–Crippen MR) is 68.5 cm³/mol. The average Bonchev–Trinajstić information content (AvgIpc) is 2.74. The molecule has 0 aromatic heterocycles. The molecule has 1 fully saturated rings. The lowest BCUT2D eigenvalue weighted by molar-refractivity contribution is 0.0718. The van der Waals surface area contributed by atoms with Crippen LogP contribution in [-0.2, 0) is 4.74 Å². The molecule has 1 heterocycles. The van der Waals surface area contributed by atoms with E-state index >= 15 is 0 Å². The first-order valence-corrected chi connectivity index (χ1v) is 6.22. The Morgan fingerprint density at radius 1 is 1.53 bits per heavy atom. The third kappa shape index (κ3) is 2.57. The van der Waals surface area contributed by atoms with Crippen LogP contribution in [0.2, 0.25) is 5.02 Å². The lowest BCUT2D eigenvalue weighted by Gasteiger charge is -2.24. The van der Waals surface area contributed by atoms with Crippen molar-refractivity contribution in [3.8, 4) is 5.75 Å². The third-order valence-electron chi connectivity index (χ3n) is 3.35. The molecule has 3 atom stereocenters. The maximum absolute atomic E-state index is 6.27. The van der Waals surface area contributed by atoms with E-state index in [4.69, 9.17) is 26.8 Å². The van der Waals surface area contributed by atoms with Gasteiger partial charge in [-0.2, -0.15) is 0 Å². The van der Waals surface area contributed by atoms with Crippen LogP contribution in [0.1, 0.15) is 24.9 Å². The molecular formula is C13H18ClNO2. The van der Waals surface area contributed by atoms with Gasteiger partial charge in [0, 0.05) is 17.2 Å². The minimum absolute atomic E-state index is 0.0439. The molecule has 0 amide bonds. The number of hydrogen-bond acceptors (Lipinski definition) is 3. The van der Waals surface area contributed by atoms with E-state index in [1.54, 1.807) is 13.2 Å². The summed E-state index contributed by atoms with van der Waals surface area (Å²) in [5.74, 6) is 1.23. The van der Waals surface area contributed by atoms with Gasteiger partial charge in [0.2, 0.25) is 0 Å². The highest BCUT2D eigenvalue weighted by molar-refractivity contribution is 6.30. The Bertz CT molecular complexity index is 397. The van der Waals surface area contributed by atoms with Gasteiger partial charge in [0.15, 0.2) is 0 Å². The van der Waals surface area contributed by atoms with Crippen molar-refractivity contribution in [2.45, 2.75) is 25.5 Å². The molecule has 0 saturated carbocycles. The van der Waals surface area contributed by atoms with Crippen LogP contribution in [0.25, 0.3) is 0 Å². The molecule has 17 heavy (non-hydrogen) atoms. The minimum atomic E-state index is -0.193. The van der Waals surface area contributed by atoms with Crippen molar-refractivity contribution >= 4 is 11.6 Å². The van der Waals surface area contributed by atoms with E-state index in [-0.39, 0.29) is 12.1 Å². The molecule has 1 aromatic carbocycles. The summed E-state index contributed by atoms with van der Waals surface area (Å²) in [5, 5.41) is 0.668. The highest BCUT2D eigenvalue weighted by atomic mass is 35.5. The van der Waals surface area contributed by atoms with Gasteiger partial charge in [0.25, 0.3) is 0 Å². The molecule has 3 nitrogen and oxygen atoms in total. The van der Waals surface area contributed by atoms with Crippen LogP contribution < -0.4 is 10.5 Å². The molecule has 1 aromatic rings. The molecule has 1 saturated heterocycles. The third-order valence-corrected chi connectivity index (χ3v) is 3.58. The van der Waals surface area contributed by atoms with Crippen LogP contribution in [0, 0.1) is 5.92 Å². The first-order chi connectivity index (χ1) is 8.13. The molecule has 1 aliphatic rings. The fourth-order valence-electron chi connectivity index (χ4n) is 2.32. The smallest absolute Gasteiger partial charge is 0.123 e. The Kier molecular flexibility index (Phi) is 3.92. The van der Waals surface area contributed by atoms with Gasteiger partial charge in [-0.1, -0.05) is 18.5 Å². The molecular weight excluding hydrogens is 238 g/mol. The second-order valence-electron chi connectivity index (χ2n) is 4.51. The summed E-state index contributed by atoms with van der Waals surface area (Å²) in [6.45, 7) is 2.94. The molecule has 1 aliphatic heterocycles. The summed E-state index contributed by atoms with van der Waals surface area (Å²) in [7, 11) is 1.64. The van der Waals surface area contributed by atoms with Crippen LogP contribution in [0.5, 0.6) is 5.75 Å². The van der Waals surface area contributed by atoms with E-state index in [0.29, 0.717) is 10.9 Å². The number of nitrogens with two attached hydrogens (primary N) is 1. The number of halogens is 1. The number of ether oxygens (including phenoxy) is 2. The minimum Gasteiger partial charge on any atom is -0.496 e. The summed E-state index contributed by atoms with van der Waals surface area (Å²) >= 11 is 6.01. The maximum atomic E-state index is 6.27. The fourth-order valence-corrected chi connectivity index (χ4v) is 2.50. The largest absolute Gasteiger partial charge is 0.496 e. The monoisotopic (exact) mass is 255 g/mol. The summed E-state index contributed by atoms with van der Waals surface area (Å²) in [6, 6.07) is 5.31. The summed E-state index contributed by atoms with van der Waals surface area (Å²) in [6.07, 6.45) is 1.10. The van der Waals surface area contributed by atoms with Crippen molar-refractivity contribution in [1.29, 1.82) is 0 Å². The van der Waals surface area contributed by atoms with Crippen LogP contribution in [0.3, 0.4) is 0 Å². The van der Waals surface area contributed by atoms with Crippen LogP contribution in [0.4, 0.5) is 0 Å². The zero-order valence-electron chi connectivity index (χ0n) is 10.2. The standard InChI is InChI=1S/C13H18ClNO2/c1-8-5-6-17-13(8)12(15)10-7-9(14)3-4-11(10)16-2/h3-4,7-8,12-13H,5-6,15H2,1-2H3. The van der Waals surface area contributed by atoms with Gasteiger partial charge in [-0.15, -0.1) is 0 Å². The normalized spacial score (nSPS) is 25.9. The SMILES string of the molecule is COc1ccc(Cl)cc1C(N)C1OCCC1C. The van der Waals surface area contributed by atoms with E-state index in [9.17, 15) is 0 Å². The molecule has 4 heteroatoms. The van der Waals surface area contributed by atoms with Crippen molar-refractivity contribution in [2.75, 3.05) is 13.7 Å². The second kappa shape index (κ2) is 5.25. The van der Waals surface area contributed by atoms with Gasteiger partial charge in [-0.25, -0.2) is 0 Å². The van der Waals surface area contributed by atoms with Crippen LogP contribution in [-0.4, -0.2) is 19.8 Å². The van der Waals surface area contributed by atoms with Crippen molar-refractivity contribution < 1.29 is 9.47 Å². The highest BCUT2D eigenvalue weighted by Gasteiger charge is 2.32. The van der Waals surface area contributed by atoms with Gasteiger partial charge in [-0.05, 0) is 30.5 Å². The second-order valence-corrected chi connectivity index (χ2v) is 4.95. The number of hydrogen-bond donors (Lipinski definition) is 1. The van der Waals surface area contributed by atoms with Gasteiger partial charge >= 0.3 is 0 Å². The first kappa shape index (κ1) is 12.7. The van der Waals surface area contributed by atoms with Gasteiger partial charge < -0.3 is 15.2 Å². The fraction of sp³-hybridized carbons (Fsp3) is 0.538. The zero-order valence-corrected chi connectivity index (χ0v) is 10.9. The quantitative estimate of drug-likeness (QED) is 0.903. The highest BCUT2D eigenvalue weighted by Crippen LogP contribution is 2.35. The molecule has 0 aliphatic carbocycles. The van der Waals surface area contributed by atoms with E-state index in [1.165, 1.54) is 0 Å². The van der Waals surface area contributed by atoms with Crippen molar-refractivity contribution in [3.63, 3.8) is 0 Å². The van der Waals surface area contributed by atoms with Gasteiger partial charge in [0.1, 0.15) is 5.75 Å². The average molecular weight is 256 g/mol. The lowest BCUT2D eigenvalue weighted by atomic mass is 9.93. The molecule has 3 unspecified atom stereocenters. The maximum Gasteiger partial charge on any atom is 0.123 e. The Labute approximate surface area is 107 Å². The first-order valence-electron chi connectivity index (χ1n) is 5.84. The lowest BCUT2D eigenvalue weighted by Crippen LogP contribution is -2.30. The number of rotatable bonds is 3. The molecule has 94 valence electrons. The van der Waals surface area contributed by atoms with E-state index in [1.807, 2.05) is 12.1 Å². The Hall–Kier alpha value is -0.770. The zero-order chi connectivity index (χ0) is 12.4. The molecule has 0 bridgehead atoms. The molecule has 0 radical (unpaired) electrons. The summed E-state index contributed by atoms with van der Waals surface area (Å²) in [5.41, 5.74) is 7.19.